The molecule has 5 heteroatoms. The van der Waals surface area contributed by atoms with E-state index in [-0.39, 0.29) is 5.97 Å². The molecule has 0 N–H and O–H groups in total. The average molecular weight is 352 g/mol. The van der Waals surface area contributed by atoms with Crippen LogP contribution < -0.4 is 0 Å². The number of fused-ring (bicyclic) bond motifs is 1. The van der Waals surface area contributed by atoms with Crippen molar-refractivity contribution in [3.05, 3.63) is 34.0 Å². The third-order valence-corrected chi connectivity index (χ3v) is 4.26. The third-order valence-electron chi connectivity index (χ3n) is 3.80. The van der Waals surface area contributed by atoms with Crippen LogP contribution in [0, 0.1) is 0 Å². The van der Waals surface area contributed by atoms with Crippen molar-refractivity contribution >= 4 is 32.9 Å². The monoisotopic (exact) mass is 351 g/mol. The van der Waals surface area contributed by atoms with Gasteiger partial charge in [0.25, 0.3) is 0 Å². The molecule has 21 heavy (non-hydrogen) atoms. The molecule has 1 fully saturated rings. The van der Waals surface area contributed by atoms with Gasteiger partial charge in [-0.1, -0.05) is 15.9 Å². The van der Waals surface area contributed by atoms with Crippen LogP contribution in [-0.2, 0) is 11.3 Å². The summed E-state index contributed by atoms with van der Waals surface area (Å²) in [4.78, 5) is 14.3. The Morgan fingerprint density at radius 2 is 2.24 bits per heavy atom. The lowest BCUT2D eigenvalue weighted by molar-refractivity contribution is 0.0527. The summed E-state index contributed by atoms with van der Waals surface area (Å²) in [6.07, 6.45) is 4.02. The number of rotatable bonds is 5. The van der Waals surface area contributed by atoms with Crippen LogP contribution in [0.5, 0.6) is 0 Å². The number of furan rings is 1. The molecular weight excluding hydrogens is 334 g/mol. The molecule has 0 atom stereocenters. The number of carbonyl (C=O) groups excluding carboxylic acids is 1. The van der Waals surface area contributed by atoms with Gasteiger partial charge in [-0.2, -0.15) is 0 Å². The van der Waals surface area contributed by atoms with Gasteiger partial charge in [0, 0.05) is 28.0 Å². The van der Waals surface area contributed by atoms with Gasteiger partial charge in [0.05, 0.1) is 6.61 Å². The number of benzene rings is 1. The van der Waals surface area contributed by atoms with E-state index in [0.29, 0.717) is 18.2 Å². The van der Waals surface area contributed by atoms with Gasteiger partial charge in [0.15, 0.2) is 0 Å². The topological polar surface area (TPSA) is 42.7 Å². The largest absolute Gasteiger partial charge is 0.463 e. The SMILES string of the molecule is CCOC(=O)c1coc2c(CN(C)C3CC3)cc(Br)cc12. The molecule has 3 rings (SSSR count). The van der Waals surface area contributed by atoms with Crippen molar-refractivity contribution < 1.29 is 13.9 Å². The van der Waals surface area contributed by atoms with Crippen LogP contribution in [0.4, 0.5) is 0 Å². The maximum absolute atomic E-state index is 12.0. The highest BCUT2D eigenvalue weighted by atomic mass is 79.9. The first-order valence-corrected chi connectivity index (χ1v) is 7.96. The van der Waals surface area contributed by atoms with Crippen LogP contribution in [0.25, 0.3) is 11.0 Å². The van der Waals surface area contributed by atoms with Crippen LogP contribution in [-0.4, -0.2) is 30.6 Å². The van der Waals surface area contributed by atoms with Crippen LogP contribution in [0.1, 0.15) is 35.7 Å². The molecule has 0 spiro atoms. The molecule has 1 aromatic heterocycles. The van der Waals surface area contributed by atoms with Gasteiger partial charge in [-0.05, 0) is 38.9 Å². The Kier molecular flexibility index (Phi) is 4.04. The fourth-order valence-corrected chi connectivity index (χ4v) is 3.07. The van der Waals surface area contributed by atoms with Crippen molar-refractivity contribution in [3.63, 3.8) is 0 Å². The number of esters is 1. The molecule has 1 saturated carbocycles. The van der Waals surface area contributed by atoms with E-state index in [4.69, 9.17) is 9.15 Å². The van der Waals surface area contributed by atoms with E-state index in [1.54, 1.807) is 6.92 Å². The second kappa shape index (κ2) is 5.81. The number of ether oxygens (including phenoxy) is 1. The van der Waals surface area contributed by atoms with Crippen molar-refractivity contribution in [2.45, 2.75) is 32.4 Å². The molecule has 0 unspecified atom stereocenters. The Morgan fingerprint density at radius 3 is 2.90 bits per heavy atom. The number of halogens is 1. The van der Waals surface area contributed by atoms with Crippen LogP contribution in [0.3, 0.4) is 0 Å². The second-order valence-corrected chi connectivity index (χ2v) is 6.37. The molecule has 1 aromatic carbocycles. The summed E-state index contributed by atoms with van der Waals surface area (Å²) >= 11 is 3.52. The van der Waals surface area contributed by atoms with Crippen LogP contribution in [0.2, 0.25) is 0 Å². The number of hydrogen-bond donors (Lipinski definition) is 0. The zero-order valence-electron chi connectivity index (χ0n) is 12.2. The summed E-state index contributed by atoms with van der Waals surface area (Å²) in [6.45, 7) is 2.97. The first-order valence-electron chi connectivity index (χ1n) is 7.17. The Morgan fingerprint density at radius 1 is 1.48 bits per heavy atom. The predicted molar refractivity (Wildman–Crippen MR) is 84.4 cm³/mol. The Hall–Kier alpha value is -1.33. The zero-order chi connectivity index (χ0) is 15.0. The summed E-state index contributed by atoms with van der Waals surface area (Å²) in [5.74, 6) is -0.337. The lowest BCUT2D eigenvalue weighted by Crippen LogP contribution is -2.20. The van der Waals surface area contributed by atoms with E-state index in [2.05, 4.69) is 33.9 Å². The molecule has 0 radical (unpaired) electrons. The molecule has 1 aliphatic rings. The Labute approximate surface area is 132 Å². The molecule has 0 amide bonds. The minimum atomic E-state index is -0.337. The summed E-state index contributed by atoms with van der Waals surface area (Å²) in [6, 6.07) is 4.64. The van der Waals surface area contributed by atoms with Crippen LogP contribution >= 0.6 is 15.9 Å². The lowest BCUT2D eigenvalue weighted by atomic mass is 10.1. The van der Waals surface area contributed by atoms with E-state index in [0.717, 1.165) is 27.6 Å². The van der Waals surface area contributed by atoms with Crippen molar-refractivity contribution in [2.75, 3.05) is 13.7 Å². The van der Waals surface area contributed by atoms with Gasteiger partial charge in [-0.3, -0.25) is 4.90 Å². The smallest absolute Gasteiger partial charge is 0.342 e. The average Bonchev–Trinajstić information content (AvgIpc) is 3.19. The van der Waals surface area contributed by atoms with E-state index in [1.165, 1.54) is 19.1 Å². The summed E-state index contributed by atoms with van der Waals surface area (Å²) in [7, 11) is 2.12. The van der Waals surface area contributed by atoms with Gasteiger partial charge in [0.1, 0.15) is 17.4 Å². The summed E-state index contributed by atoms with van der Waals surface area (Å²) in [5.41, 5.74) is 2.35. The Balaban J connectivity index is 1.98. The molecule has 4 nitrogen and oxygen atoms in total. The molecule has 112 valence electrons. The maximum atomic E-state index is 12.0. The second-order valence-electron chi connectivity index (χ2n) is 5.46. The summed E-state index contributed by atoms with van der Waals surface area (Å²) in [5, 5.41) is 0.807. The Bertz CT molecular complexity index is 675. The first-order chi connectivity index (χ1) is 10.1. The molecule has 1 aliphatic carbocycles. The fraction of sp³-hybridized carbons (Fsp3) is 0.438. The van der Waals surface area contributed by atoms with E-state index >= 15 is 0 Å². The molecule has 1 heterocycles. The molecular formula is C16H18BrNO3. The van der Waals surface area contributed by atoms with Gasteiger partial charge < -0.3 is 9.15 Å². The zero-order valence-corrected chi connectivity index (χ0v) is 13.8. The molecule has 2 aromatic rings. The van der Waals surface area contributed by atoms with Crippen molar-refractivity contribution in [2.24, 2.45) is 0 Å². The van der Waals surface area contributed by atoms with E-state index in [1.807, 2.05) is 6.07 Å². The summed E-state index contributed by atoms with van der Waals surface area (Å²) < 4.78 is 11.7. The maximum Gasteiger partial charge on any atom is 0.342 e. The first kappa shape index (κ1) is 14.6. The van der Waals surface area contributed by atoms with Gasteiger partial charge in [0.2, 0.25) is 0 Å². The van der Waals surface area contributed by atoms with Gasteiger partial charge >= 0.3 is 5.97 Å². The van der Waals surface area contributed by atoms with Gasteiger partial charge in [-0.15, -0.1) is 0 Å². The highest BCUT2D eigenvalue weighted by Gasteiger charge is 2.27. The van der Waals surface area contributed by atoms with E-state index < -0.39 is 0 Å². The van der Waals surface area contributed by atoms with E-state index in [9.17, 15) is 4.79 Å². The quantitative estimate of drug-likeness (QED) is 0.764. The fourth-order valence-electron chi connectivity index (χ4n) is 2.57. The highest BCUT2D eigenvalue weighted by Crippen LogP contribution is 2.32. The van der Waals surface area contributed by atoms with Crippen molar-refractivity contribution in [1.82, 2.24) is 4.90 Å². The number of carbonyl (C=O) groups is 1. The minimum absolute atomic E-state index is 0.337. The number of hydrogen-bond acceptors (Lipinski definition) is 4. The lowest BCUT2D eigenvalue weighted by Gasteiger charge is -2.16. The van der Waals surface area contributed by atoms with Gasteiger partial charge in [-0.25, -0.2) is 4.79 Å². The minimum Gasteiger partial charge on any atom is -0.463 e. The van der Waals surface area contributed by atoms with Crippen molar-refractivity contribution in [1.29, 1.82) is 0 Å². The predicted octanol–water partition coefficient (Wildman–Crippen LogP) is 3.97. The molecule has 0 saturated heterocycles. The van der Waals surface area contributed by atoms with Crippen molar-refractivity contribution in [3.8, 4) is 0 Å². The number of nitrogens with zero attached hydrogens (tertiary/aromatic N) is 1. The van der Waals surface area contributed by atoms with Crippen LogP contribution in [0.15, 0.2) is 27.3 Å². The highest BCUT2D eigenvalue weighted by molar-refractivity contribution is 9.10. The normalized spacial score (nSPS) is 14.9. The third kappa shape index (κ3) is 2.99. The molecule has 0 aliphatic heterocycles. The molecule has 0 bridgehead atoms. The standard InChI is InChI=1S/C16H18BrNO3/c1-3-20-16(19)14-9-21-15-10(6-11(17)7-13(14)15)8-18(2)12-4-5-12/h6-7,9,12H,3-5,8H2,1-2H3.